The van der Waals surface area contributed by atoms with Crippen LogP contribution in [0.4, 0.5) is 83.4 Å². The molecule has 0 unspecified atom stereocenters. The summed E-state index contributed by atoms with van der Waals surface area (Å²) in [5.74, 6) is -57.9. The number of carbonyl (C=O) groups is 1. The normalized spacial score (nSPS) is 15.6. The Balaban J connectivity index is 0. The van der Waals surface area contributed by atoms with E-state index < -0.39 is 65.4 Å². The number of hydrogen-bond acceptors (Lipinski definition) is 1. The van der Waals surface area contributed by atoms with Crippen molar-refractivity contribution in [2.24, 2.45) is 0 Å². The van der Waals surface area contributed by atoms with Gasteiger partial charge in [-0.15, -0.1) is 0 Å². The molecule has 0 bridgehead atoms. The minimum Gasteiger partial charge on any atom is -0.476 e. The fraction of sp³-hybridized carbons (Fsp3) is 0.917. The van der Waals surface area contributed by atoms with Crippen molar-refractivity contribution >= 4 is 17.6 Å². The van der Waals surface area contributed by atoms with Crippen molar-refractivity contribution in [1.82, 2.24) is 0 Å². The standard InChI is InChI=1S/C10H5F17.C2HClF2O2/c1-2-3(11,12)4(13,14)5(15,16)6(17,18)7(19,20)8(21,22)9(23,24)10(25,26)27;3-2(4,5)1(6)7/h2H2,1H3;(H,6,7). The van der Waals surface area contributed by atoms with Crippen LogP contribution in [0.15, 0.2) is 0 Å². The van der Waals surface area contributed by atoms with Gasteiger partial charge in [0.05, 0.1) is 0 Å². The molecule has 0 amide bonds. The van der Waals surface area contributed by atoms with E-state index in [0.717, 1.165) is 0 Å². The average Bonchev–Trinajstić information content (AvgIpc) is 2.59. The molecule has 0 spiro atoms. The van der Waals surface area contributed by atoms with Crippen LogP contribution in [-0.2, 0) is 4.79 Å². The fourth-order valence-corrected chi connectivity index (χ4v) is 1.42. The van der Waals surface area contributed by atoms with Crippen molar-refractivity contribution in [2.45, 2.75) is 66.4 Å². The highest BCUT2D eigenvalue weighted by Crippen LogP contribution is 2.64. The average molecular weight is 579 g/mol. The van der Waals surface area contributed by atoms with Gasteiger partial charge in [0.15, 0.2) is 0 Å². The number of aliphatic carboxylic acids is 1. The van der Waals surface area contributed by atoms with Crippen molar-refractivity contribution in [2.75, 3.05) is 0 Å². The third-order valence-electron chi connectivity index (χ3n) is 3.47. The van der Waals surface area contributed by atoms with E-state index in [0.29, 0.717) is 0 Å². The van der Waals surface area contributed by atoms with E-state index >= 15 is 0 Å². The molecule has 0 aliphatic heterocycles. The lowest BCUT2D eigenvalue weighted by Crippen LogP contribution is -2.74. The lowest BCUT2D eigenvalue weighted by molar-refractivity contribution is -0.461. The number of halogens is 20. The highest BCUT2D eigenvalue weighted by atomic mass is 35.5. The van der Waals surface area contributed by atoms with Crippen molar-refractivity contribution in [1.29, 1.82) is 0 Å². The monoisotopic (exact) mass is 578 g/mol. The number of carboxylic acids is 1. The van der Waals surface area contributed by atoms with Crippen LogP contribution in [0.1, 0.15) is 13.3 Å². The van der Waals surface area contributed by atoms with Crippen LogP contribution in [0.5, 0.6) is 0 Å². The molecule has 0 aliphatic carbocycles. The molecule has 0 atom stereocenters. The largest absolute Gasteiger partial charge is 0.476 e. The van der Waals surface area contributed by atoms with Crippen LogP contribution in [0.25, 0.3) is 0 Å². The summed E-state index contributed by atoms with van der Waals surface area (Å²) >= 11 is 3.94. The van der Waals surface area contributed by atoms with Crippen LogP contribution in [0.2, 0.25) is 0 Å². The summed E-state index contributed by atoms with van der Waals surface area (Å²) in [6.07, 6.45) is -10.2. The van der Waals surface area contributed by atoms with Gasteiger partial charge in [-0.05, 0) is 11.6 Å². The van der Waals surface area contributed by atoms with Crippen molar-refractivity contribution in [3.63, 3.8) is 0 Å². The van der Waals surface area contributed by atoms with E-state index in [4.69, 9.17) is 9.90 Å². The van der Waals surface area contributed by atoms with Crippen molar-refractivity contribution in [3.05, 3.63) is 0 Å². The molecular weight excluding hydrogens is 573 g/mol. The molecular formula is C12H6ClF19O2. The molecule has 0 saturated heterocycles. The molecule has 22 heteroatoms. The molecule has 1 N–H and O–H groups in total. The zero-order chi connectivity index (χ0) is 28.8. The van der Waals surface area contributed by atoms with Gasteiger partial charge in [0.25, 0.3) is 0 Å². The Morgan fingerprint density at radius 2 is 0.765 bits per heavy atom. The maximum Gasteiger partial charge on any atom is 0.460 e. The smallest absolute Gasteiger partial charge is 0.460 e. The first-order chi connectivity index (χ1) is 14.3. The number of rotatable bonds is 8. The summed E-state index contributed by atoms with van der Waals surface area (Å²) in [7, 11) is 0. The lowest BCUT2D eigenvalue weighted by Gasteiger charge is -2.42. The third kappa shape index (κ3) is 5.31. The SMILES string of the molecule is CCC(F)(F)C(F)(F)C(F)(F)C(F)(F)C(F)(F)C(F)(F)C(F)(F)C(F)(F)F.O=C(O)C(F)(F)Cl. The van der Waals surface area contributed by atoms with Gasteiger partial charge in [-0.1, -0.05) is 6.92 Å². The van der Waals surface area contributed by atoms with Gasteiger partial charge in [0.2, 0.25) is 0 Å². The Morgan fingerprint density at radius 3 is 0.941 bits per heavy atom. The molecule has 0 aromatic rings. The highest BCUT2D eigenvalue weighted by molar-refractivity contribution is 6.30. The second-order valence-corrected chi connectivity index (χ2v) is 6.28. The summed E-state index contributed by atoms with van der Waals surface area (Å²) in [5, 5.41) is 3.26. The van der Waals surface area contributed by atoms with Gasteiger partial charge in [-0.25, -0.2) is 4.79 Å². The molecule has 0 heterocycles. The van der Waals surface area contributed by atoms with E-state index in [-0.39, 0.29) is 6.92 Å². The third-order valence-corrected chi connectivity index (χ3v) is 3.64. The van der Waals surface area contributed by atoms with E-state index in [1.165, 1.54) is 0 Å². The van der Waals surface area contributed by atoms with E-state index in [1.807, 2.05) is 0 Å². The molecule has 206 valence electrons. The van der Waals surface area contributed by atoms with Gasteiger partial charge in [0, 0.05) is 6.42 Å². The van der Waals surface area contributed by atoms with Gasteiger partial charge >= 0.3 is 59.0 Å². The molecule has 34 heavy (non-hydrogen) atoms. The quantitative estimate of drug-likeness (QED) is 0.242. The molecule has 0 fully saturated rings. The van der Waals surface area contributed by atoms with E-state index in [1.54, 1.807) is 0 Å². The summed E-state index contributed by atoms with van der Waals surface area (Å²) in [6, 6.07) is 0. The molecule has 0 saturated carbocycles. The zero-order valence-corrected chi connectivity index (χ0v) is 15.9. The second kappa shape index (κ2) is 9.14. The second-order valence-electron chi connectivity index (χ2n) is 5.81. The predicted molar refractivity (Wildman–Crippen MR) is 69.4 cm³/mol. The van der Waals surface area contributed by atoms with Gasteiger partial charge in [-0.3, -0.25) is 0 Å². The van der Waals surface area contributed by atoms with Crippen molar-refractivity contribution < 1.29 is 93.3 Å². The fourth-order valence-electron chi connectivity index (χ4n) is 1.42. The first kappa shape index (κ1) is 34.6. The molecule has 0 radical (unpaired) electrons. The summed E-state index contributed by atoms with van der Waals surface area (Å²) < 4.78 is 237. The Labute approximate surface area is 178 Å². The van der Waals surface area contributed by atoms with Crippen molar-refractivity contribution in [3.8, 4) is 0 Å². The summed E-state index contributed by atoms with van der Waals surface area (Å²) in [4.78, 5) is 9.14. The van der Waals surface area contributed by atoms with Crippen LogP contribution in [0, 0.1) is 0 Å². The zero-order valence-electron chi connectivity index (χ0n) is 15.1. The molecule has 0 rings (SSSR count). The molecule has 0 aromatic heterocycles. The van der Waals surface area contributed by atoms with Crippen LogP contribution in [0.3, 0.4) is 0 Å². The number of carboxylic acid groups (broad SMARTS) is 1. The Bertz CT molecular complexity index is 720. The van der Waals surface area contributed by atoms with Gasteiger partial charge < -0.3 is 5.11 Å². The molecule has 2 nitrogen and oxygen atoms in total. The first-order valence-electron chi connectivity index (χ1n) is 7.27. The minimum atomic E-state index is -8.56. The maximum absolute atomic E-state index is 13.1. The minimum absolute atomic E-state index is 0.0628. The highest BCUT2D eigenvalue weighted by Gasteiger charge is 2.95. The maximum atomic E-state index is 13.1. The number of alkyl halides is 20. The van der Waals surface area contributed by atoms with E-state index in [9.17, 15) is 83.4 Å². The predicted octanol–water partition coefficient (Wildman–Crippen LogP) is 7.31. The molecule has 0 aliphatic rings. The summed E-state index contributed by atoms with van der Waals surface area (Å²) in [6.45, 7) is -0.0628. The van der Waals surface area contributed by atoms with Crippen LogP contribution in [-0.4, -0.2) is 64.1 Å². The Kier molecular flexibility index (Phi) is 9.30. The van der Waals surface area contributed by atoms with Gasteiger partial charge in [-0.2, -0.15) is 83.4 Å². The Hall–Kier alpha value is -1.57. The Morgan fingerprint density at radius 1 is 0.559 bits per heavy atom. The first-order valence-corrected chi connectivity index (χ1v) is 7.65. The van der Waals surface area contributed by atoms with E-state index in [2.05, 4.69) is 11.6 Å². The van der Waals surface area contributed by atoms with Gasteiger partial charge in [0.1, 0.15) is 0 Å². The topological polar surface area (TPSA) is 37.3 Å². The molecule has 0 aromatic carbocycles. The number of hydrogen-bond donors (Lipinski definition) is 1. The summed E-state index contributed by atoms with van der Waals surface area (Å²) in [5.41, 5.74) is 0. The van der Waals surface area contributed by atoms with Crippen LogP contribution >= 0.6 is 11.6 Å². The lowest BCUT2D eigenvalue weighted by atomic mass is 9.88. The van der Waals surface area contributed by atoms with Crippen LogP contribution < -0.4 is 0 Å².